The van der Waals surface area contributed by atoms with Gasteiger partial charge in [0.1, 0.15) is 5.75 Å². The fourth-order valence-corrected chi connectivity index (χ4v) is 6.55. The number of carboxylic acids is 1. The standard InChI is InChI=1S/C29H30N3O9PS/c1-27(17-24(33)34,22-9-4-5-10-23(22)41-42-38)29(12-13-29)11-7-6-8-20-16-21-19-31(26(36)32(21)18-20)15-14-28(2,25(35)30-37)43(3,39)40/h4-5,9-10,16,18,37H,12-15,17,19H2,1-3H3,(H,30,35)(H,33,34)/t27-,28?/m0/s1. The minimum Gasteiger partial charge on any atom is -0.481 e. The van der Waals surface area contributed by atoms with Crippen molar-refractivity contribution < 1.29 is 42.2 Å². The Morgan fingerprint density at radius 3 is 2.49 bits per heavy atom. The van der Waals surface area contributed by atoms with Crippen molar-refractivity contribution in [3.8, 4) is 29.4 Å². The van der Waals surface area contributed by atoms with Gasteiger partial charge < -0.3 is 14.5 Å². The average molecular weight is 628 g/mol. The van der Waals surface area contributed by atoms with E-state index in [0.29, 0.717) is 35.4 Å². The number of nitrogens with zero attached hydrogens (tertiary/aromatic N) is 2. The van der Waals surface area contributed by atoms with Gasteiger partial charge in [-0.25, -0.2) is 23.3 Å². The Balaban J connectivity index is 1.50. The highest BCUT2D eigenvalue weighted by molar-refractivity contribution is 7.92. The number of fused-ring (bicyclic) bond motifs is 1. The number of rotatable bonds is 11. The summed E-state index contributed by atoms with van der Waals surface area (Å²) in [7, 11) is -4.45. The monoisotopic (exact) mass is 627 g/mol. The summed E-state index contributed by atoms with van der Waals surface area (Å²) >= 11 is 0. The molecule has 2 heterocycles. The Morgan fingerprint density at radius 1 is 1.21 bits per heavy atom. The molecule has 1 fully saturated rings. The first-order valence-electron chi connectivity index (χ1n) is 13.2. The van der Waals surface area contributed by atoms with E-state index >= 15 is 0 Å². The molecule has 1 unspecified atom stereocenters. The SMILES string of the molecule is CC(CCN1Cc2cc(C#CC#CC3([C@@](C)(CC(=O)O)c4ccccc4OP=O)CC3)cn2C1=O)(C(=O)NO)S(C)(=O)=O. The molecular weight excluding hydrogens is 597 g/mol. The van der Waals surface area contributed by atoms with Gasteiger partial charge in [0.25, 0.3) is 5.91 Å². The van der Waals surface area contributed by atoms with E-state index in [2.05, 4.69) is 23.7 Å². The van der Waals surface area contributed by atoms with Gasteiger partial charge >= 0.3 is 20.7 Å². The molecule has 1 aliphatic heterocycles. The van der Waals surface area contributed by atoms with E-state index in [1.165, 1.54) is 21.9 Å². The molecule has 1 saturated carbocycles. The highest BCUT2D eigenvalue weighted by Gasteiger charge is 2.58. The second-order valence-electron chi connectivity index (χ2n) is 11.1. The molecule has 3 N–H and O–H groups in total. The molecule has 2 aromatic rings. The van der Waals surface area contributed by atoms with E-state index in [9.17, 15) is 32.5 Å². The van der Waals surface area contributed by atoms with Crippen molar-refractivity contribution in [2.45, 2.75) is 56.2 Å². The van der Waals surface area contributed by atoms with Crippen molar-refractivity contribution in [1.29, 1.82) is 0 Å². The van der Waals surface area contributed by atoms with E-state index in [1.807, 2.05) is 6.92 Å². The quantitative estimate of drug-likeness (QED) is 0.146. The molecule has 0 spiro atoms. The van der Waals surface area contributed by atoms with Crippen LogP contribution in [0.25, 0.3) is 0 Å². The van der Waals surface area contributed by atoms with Crippen molar-refractivity contribution in [3.05, 3.63) is 53.3 Å². The third kappa shape index (κ3) is 6.02. The van der Waals surface area contributed by atoms with Crippen LogP contribution in [0.5, 0.6) is 5.75 Å². The van der Waals surface area contributed by atoms with Crippen molar-refractivity contribution in [2.75, 3.05) is 12.8 Å². The van der Waals surface area contributed by atoms with Gasteiger partial charge in [-0.15, -0.1) is 0 Å². The third-order valence-electron chi connectivity index (χ3n) is 8.49. The van der Waals surface area contributed by atoms with Crippen LogP contribution in [0.2, 0.25) is 0 Å². The molecule has 226 valence electrons. The summed E-state index contributed by atoms with van der Waals surface area (Å²) in [4.78, 5) is 38.3. The molecule has 2 atom stereocenters. The fraction of sp³-hybridized carbons (Fsp3) is 0.414. The first kappa shape index (κ1) is 31.8. The van der Waals surface area contributed by atoms with E-state index in [1.54, 1.807) is 36.5 Å². The first-order chi connectivity index (χ1) is 20.2. The van der Waals surface area contributed by atoms with Crippen LogP contribution < -0.4 is 10.0 Å². The molecule has 4 rings (SSSR count). The number of carbonyl (C=O) groups is 3. The smallest absolute Gasteiger partial charge is 0.395 e. The molecule has 1 aliphatic carbocycles. The maximum Gasteiger partial charge on any atom is 0.395 e. The molecule has 0 saturated heterocycles. The van der Waals surface area contributed by atoms with Gasteiger partial charge in [-0.05, 0) is 50.2 Å². The van der Waals surface area contributed by atoms with E-state index < -0.39 is 52.0 Å². The molecule has 14 heteroatoms. The van der Waals surface area contributed by atoms with Crippen LogP contribution in [-0.4, -0.2) is 63.7 Å². The zero-order valence-corrected chi connectivity index (χ0v) is 25.4. The van der Waals surface area contributed by atoms with Crippen molar-refractivity contribution >= 4 is 36.4 Å². The van der Waals surface area contributed by atoms with E-state index in [-0.39, 0.29) is 25.9 Å². The summed E-state index contributed by atoms with van der Waals surface area (Å²) in [5.41, 5.74) is 1.53. The molecular formula is C29H30N3O9PS. The number of aliphatic carboxylic acids is 1. The van der Waals surface area contributed by atoms with Crippen LogP contribution in [0.3, 0.4) is 0 Å². The molecule has 1 aromatic heterocycles. The summed E-state index contributed by atoms with van der Waals surface area (Å²) in [6.45, 7) is 3.14. The number of amides is 2. The van der Waals surface area contributed by atoms with Crippen LogP contribution in [0.15, 0.2) is 36.5 Å². The summed E-state index contributed by atoms with van der Waals surface area (Å²) < 4.78 is 40.3. The largest absolute Gasteiger partial charge is 0.481 e. The number of hydrogen-bond donors (Lipinski definition) is 3. The average Bonchev–Trinajstić information content (AvgIpc) is 3.56. The Kier molecular flexibility index (Phi) is 8.75. The maximum atomic E-state index is 12.9. The number of carbonyl (C=O) groups excluding carboxylic acids is 2. The molecule has 12 nitrogen and oxygen atoms in total. The predicted octanol–water partition coefficient (Wildman–Crippen LogP) is 3.12. The topological polar surface area (TPSA) is 172 Å². The van der Waals surface area contributed by atoms with Crippen LogP contribution in [0.4, 0.5) is 4.79 Å². The van der Waals surface area contributed by atoms with Gasteiger partial charge in [-0.3, -0.25) is 19.4 Å². The third-order valence-corrected chi connectivity index (χ3v) is 10.8. The first-order valence-corrected chi connectivity index (χ1v) is 15.8. The lowest BCUT2D eigenvalue weighted by atomic mass is 9.67. The molecule has 1 aromatic carbocycles. The minimum atomic E-state index is -3.90. The Bertz CT molecular complexity index is 1730. The van der Waals surface area contributed by atoms with Crippen molar-refractivity contribution in [1.82, 2.24) is 14.9 Å². The highest BCUT2D eigenvalue weighted by Crippen LogP contribution is 2.62. The fourth-order valence-electron chi connectivity index (χ4n) is 5.46. The Morgan fingerprint density at radius 2 is 1.91 bits per heavy atom. The van der Waals surface area contributed by atoms with Crippen LogP contribution in [0.1, 0.15) is 56.4 Å². The van der Waals surface area contributed by atoms with E-state index in [0.717, 1.165) is 6.26 Å². The van der Waals surface area contributed by atoms with Gasteiger partial charge in [0.15, 0.2) is 14.6 Å². The van der Waals surface area contributed by atoms with Gasteiger partial charge in [-0.1, -0.05) is 37.0 Å². The number of aromatic nitrogens is 1. The lowest BCUT2D eigenvalue weighted by Crippen LogP contribution is -2.50. The minimum absolute atomic E-state index is 0.0380. The molecule has 2 aliphatic rings. The van der Waals surface area contributed by atoms with Gasteiger partial charge in [-0.2, -0.15) is 0 Å². The number of hydrogen-bond acceptors (Lipinski definition) is 8. The summed E-state index contributed by atoms with van der Waals surface area (Å²) in [5, 5.41) is 18.7. The molecule has 0 radical (unpaired) electrons. The van der Waals surface area contributed by atoms with Gasteiger partial charge in [0.2, 0.25) is 0 Å². The summed E-state index contributed by atoms with van der Waals surface area (Å²) in [6, 6.07) is 8.16. The number of hydroxylamine groups is 1. The number of sulfone groups is 1. The zero-order chi connectivity index (χ0) is 31.6. The van der Waals surface area contributed by atoms with E-state index in [4.69, 9.17) is 9.73 Å². The number of benzene rings is 1. The van der Waals surface area contributed by atoms with Crippen LogP contribution >= 0.6 is 8.69 Å². The Labute approximate surface area is 250 Å². The highest BCUT2D eigenvalue weighted by atomic mass is 32.2. The lowest BCUT2D eigenvalue weighted by molar-refractivity contribution is -0.139. The summed E-state index contributed by atoms with van der Waals surface area (Å²) in [6.07, 6.45) is 3.30. The number of nitrogens with one attached hydrogen (secondary N) is 1. The van der Waals surface area contributed by atoms with Gasteiger partial charge in [0.05, 0.1) is 13.0 Å². The maximum absolute atomic E-state index is 12.9. The second kappa shape index (κ2) is 11.8. The molecule has 0 bridgehead atoms. The molecule has 43 heavy (non-hydrogen) atoms. The van der Waals surface area contributed by atoms with Crippen LogP contribution in [-0.2, 0) is 36.0 Å². The zero-order valence-electron chi connectivity index (χ0n) is 23.7. The number of carboxylic acid groups (broad SMARTS) is 1. The van der Waals surface area contributed by atoms with Crippen molar-refractivity contribution in [2.24, 2.45) is 5.41 Å². The second-order valence-corrected chi connectivity index (χ2v) is 13.9. The lowest BCUT2D eigenvalue weighted by Gasteiger charge is -2.35. The van der Waals surface area contributed by atoms with Crippen molar-refractivity contribution in [3.63, 3.8) is 0 Å². The Hall–Kier alpha value is -4.16. The van der Waals surface area contributed by atoms with Crippen LogP contribution in [0, 0.1) is 29.1 Å². The summed E-state index contributed by atoms with van der Waals surface area (Å²) in [5.74, 6) is 9.99. The molecule has 2 amide bonds. The number of para-hydroxylation sites is 1. The normalized spacial score (nSPS) is 17.8. The predicted molar refractivity (Wildman–Crippen MR) is 154 cm³/mol. The van der Waals surface area contributed by atoms with Gasteiger partial charge in [0, 0.05) is 46.6 Å².